The van der Waals surface area contributed by atoms with E-state index in [4.69, 9.17) is 15.3 Å². The van der Waals surface area contributed by atoms with Gasteiger partial charge < -0.3 is 20.6 Å². The number of aliphatic hydroxyl groups is 2. The van der Waals surface area contributed by atoms with E-state index in [9.17, 15) is 4.79 Å². The third-order valence-electron chi connectivity index (χ3n) is 1.21. The van der Waals surface area contributed by atoms with Crippen LogP contribution >= 0.6 is 0 Å². The van der Waals surface area contributed by atoms with Crippen molar-refractivity contribution in [2.75, 3.05) is 19.8 Å². The number of hydrogen-bond acceptors (Lipinski definition) is 4. The van der Waals surface area contributed by atoms with Gasteiger partial charge in [0.15, 0.2) is 0 Å². The van der Waals surface area contributed by atoms with E-state index in [1.807, 2.05) is 0 Å². The zero-order valence-corrected chi connectivity index (χ0v) is 6.16. The van der Waals surface area contributed by atoms with Crippen LogP contribution < -0.4 is 5.32 Å². The van der Waals surface area contributed by atoms with E-state index in [0.29, 0.717) is 13.0 Å². The third kappa shape index (κ3) is 4.72. The predicted octanol–water partition coefficient (Wildman–Crippen LogP) is -1.60. The maximum absolute atomic E-state index is 10.2. The lowest BCUT2D eigenvalue weighted by Gasteiger charge is -2.09. The highest BCUT2D eigenvalue weighted by molar-refractivity contribution is 5.73. The van der Waals surface area contributed by atoms with Crippen molar-refractivity contribution in [2.24, 2.45) is 0 Å². The first kappa shape index (κ1) is 10.3. The molecule has 0 rings (SSSR count). The molecule has 4 N–H and O–H groups in total. The highest BCUT2D eigenvalue weighted by Crippen LogP contribution is 1.82. The normalized spacial score (nSPS) is 12.9. The number of rotatable bonds is 6. The summed E-state index contributed by atoms with van der Waals surface area (Å²) in [7, 11) is 0. The van der Waals surface area contributed by atoms with E-state index >= 15 is 0 Å². The van der Waals surface area contributed by atoms with E-state index in [1.165, 1.54) is 0 Å². The van der Waals surface area contributed by atoms with Gasteiger partial charge in [0.25, 0.3) is 0 Å². The summed E-state index contributed by atoms with van der Waals surface area (Å²) < 4.78 is 0. The molecular weight excluding hydrogens is 150 g/mol. The Labute approximate surface area is 64.7 Å². The molecule has 0 aliphatic heterocycles. The number of nitrogens with one attached hydrogen (secondary N) is 1. The second-order valence-electron chi connectivity index (χ2n) is 2.10. The van der Waals surface area contributed by atoms with E-state index in [-0.39, 0.29) is 6.61 Å². The van der Waals surface area contributed by atoms with Gasteiger partial charge >= 0.3 is 5.97 Å². The third-order valence-corrected chi connectivity index (χ3v) is 1.21. The van der Waals surface area contributed by atoms with E-state index < -0.39 is 18.6 Å². The fourth-order valence-electron chi connectivity index (χ4n) is 0.585. The van der Waals surface area contributed by atoms with Crippen molar-refractivity contribution in [2.45, 2.75) is 12.5 Å². The smallest absolute Gasteiger partial charge is 0.323 e. The molecule has 0 bridgehead atoms. The molecule has 5 heteroatoms. The summed E-state index contributed by atoms with van der Waals surface area (Å²) in [5, 5.41) is 27.8. The van der Waals surface area contributed by atoms with Crippen LogP contribution in [0.4, 0.5) is 0 Å². The Morgan fingerprint density at radius 2 is 2.09 bits per heavy atom. The zero-order chi connectivity index (χ0) is 8.69. The van der Waals surface area contributed by atoms with Gasteiger partial charge in [-0.25, -0.2) is 0 Å². The molecule has 1 atom stereocenters. The number of carboxylic acid groups (broad SMARTS) is 1. The van der Waals surface area contributed by atoms with E-state index in [2.05, 4.69) is 5.32 Å². The molecule has 0 heterocycles. The summed E-state index contributed by atoms with van der Waals surface area (Å²) in [6, 6.07) is -0.915. The molecular formula is C6H13NO4. The van der Waals surface area contributed by atoms with Gasteiger partial charge in [-0.05, 0) is 13.0 Å². The average Bonchev–Trinajstić information content (AvgIpc) is 1.97. The van der Waals surface area contributed by atoms with Gasteiger partial charge in [-0.15, -0.1) is 0 Å². The molecule has 0 unspecified atom stereocenters. The van der Waals surface area contributed by atoms with Crippen molar-refractivity contribution in [3.63, 3.8) is 0 Å². The quantitative estimate of drug-likeness (QED) is 0.354. The molecule has 0 aliphatic carbocycles. The van der Waals surface area contributed by atoms with Crippen LogP contribution in [0.25, 0.3) is 0 Å². The first-order valence-electron chi connectivity index (χ1n) is 3.40. The van der Waals surface area contributed by atoms with Gasteiger partial charge in [0.05, 0.1) is 6.61 Å². The highest BCUT2D eigenvalue weighted by atomic mass is 16.4. The van der Waals surface area contributed by atoms with E-state index in [0.717, 1.165) is 0 Å². The van der Waals surface area contributed by atoms with Crippen molar-refractivity contribution in [3.05, 3.63) is 0 Å². The van der Waals surface area contributed by atoms with Crippen LogP contribution in [0.3, 0.4) is 0 Å². The minimum absolute atomic E-state index is 0.0186. The Balaban J connectivity index is 3.44. The summed E-state index contributed by atoms with van der Waals surface area (Å²) >= 11 is 0. The molecule has 5 nitrogen and oxygen atoms in total. The number of carboxylic acids is 1. The summed E-state index contributed by atoms with van der Waals surface area (Å²) in [6.07, 6.45) is 0.490. The van der Waals surface area contributed by atoms with Gasteiger partial charge in [0.2, 0.25) is 0 Å². The van der Waals surface area contributed by atoms with Crippen molar-refractivity contribution >= 4 is 5.97 Å². The first-order valence-corrected chi connectivity index (χ1v) is 3.40. The lowest BCUT2D eigenvalue weighted by molar-refractivity contribution is -0.140. The Kier molecular flexibility index (Phi) is 5.73. The average molecular weight is 163 g/mol. The minimum atomic E-state index is -1.08. The second kappa shape index (κ2) is 6.09. The molecule has 0 aromatic rings. The van der Waals surface area contributed by atoms with Crippen LogP contribution in [0, 0.1) is 0 Å². The number of aliphatic carboxylic acids is 1. The van der Waals surface area contributed by atoms with Gasteiger partial charge in [-0.1, -0.05) is 0 Å². The van der Waals surface area contributed by atoms with Crippen LogP contribution in [-0.2, 0) is 4.79 Å². The molecule has 0 saturated heterocycles. The Morgan fingerprint density at radius 1 is 1.45 bits per heavy atom. The lowest BCUT2D eigenvalue weighted by atomic mass is 10.3. The molecule has 0 spiro atoms. The number of carbonyl (C=O) groups is 1. The SMILES string of the molecule is O=C(O)[C@H](CO)NCCCO. The second-order valence-corrected chi connectivity index (χ2v) is 2.10. The summed E-state index contributed by atoms with van der Waals surface area (Å²) in [5.74, 6) is -1.08. The van der Waals surface area contributed by atoms with Crippen molar-refractivity contribution in [3.8, 4) is 0 Å². The zero-order valence-electron chi connectivity index (χ0n) is 6.16. The Morgan fingerprint density at radius 3 is 2.45 bits per heavy atom. The Hall–Kier alpha value is -0.650. The molecule has 0 aliphatic rings. The molecule has 11 heavy (non-hydrogen) atoms. The van der Waals surface area contributed by atoms with Crippen LogP contribution in [0.5, 0.6) is 0 Å². The molecule has 0 saturated carbocycles. The molecule has 66 valence electrons. The largest absolute Gasteiger partial charge is 0.480 e. The fourth-order valence-corrected chi connectivity index (χ4v) is 0.585. The standard InChI is InChI=1S/C6H13NO4/c8-3-1-2-7-5(4-9)6(10)11/h5,7-9H,1-4H2,(H,10,11)/t5-/m0/s1. The van der Waals surface area contributed by atoms with Gasteiger partial charge in [0.1, 0.15) is 6.04 Å². The Bertz CT molecular complexity index is 117. The van der Waals surface area contributed by atoms with Crippen molar-refractivity contribution < 1.29 is 20.1 Å². The van der Waals surface area contributed by atoms with Gasteiger partial charge in [-0.2, -0.15) is 0 Å². The maximum Gasteiger partial charge on any atom is 0.323 e. The van der Waals surface area contributed by atoms with Crippen LogP contribution in [0.2, 0.25) is 0 Å². The highest BCUT2D eigenvalue weighted by Gasteiger charge is 2.13. The van der Waals surface area contributed by atoms with Crippen LogP contribution in [0.15, 0.2) is 0 Å². The molecule has 0 aromatic heterocycles. The molecule has 0 amide bonds. The first-order chi connectivity index (χ1) is 5.22. The lowest BCUT2D eigenvalue weighted by Crippen LogP contribution is -2.40. The number of aliphatic hydroxyl groups excluding tert-OH is 2. The minimum Gasteiger partial charge on any atom is -0.480 e. The maximum atomic E-state index is 10.2. The number of hydrogen-bond donors (Lipinski definition) is 4. The molecule has 0 fully saturated rings. The van der Waals surface area contributed by atoms with Gasteiger partial charge in [0, 0.05) is 6.61 Å². The van der Waals surface area contributed by atoms with Crippen molar-refractivity contribution in [1.82, 2.24) is 5.32 Å². The molecule has 0 radical (unpaired) electrons. The van der Waals surface area contributed by atoms with Crippen LogP contribution in [0.1, 0.15) is 6.42 Å². The predicted molar refractivity (Wildman–Crippen MR) is 38.2 cm³/mol. The monoisotopic (exact) mass is 163 g/mol. The summed E-state index contributed by atoms with van der Waals surface area (Å²) in [6.45, 7) is -0.0143. The fraction of sp³-hybridized carbons (Fsp3) is 0.833. The van der Waals surface area contributed by atoms with Gasteiger partial charge in [-0.3, -0.25) is 4.79 Å². The van der Waals surface area contributed by atoms with E-state index in [1.54, 1.807) is 0 Å². The van der Waals surface area contributed by atoms with Crippen molar-refractivity contribution in [1.29, 1.82) is 0 Å². The summed E-state index contributed by atoms with van der Waals surface area (Å²) in [4.78, 5) is 10.2. The topological polar surface area (TPSA) is 89.8 Å². The summed E-state index contributed by atoms with van der Waals surface area (Å²) in [5.41, 5.74) is 0. The molecule has 0 aromatic carbocycles. The van der Waals surface area contributed by atoms with Crippen LogP contribution in [-0.4, -0.2) is 47.1 Å².